The van der Waals surface area contributed by atoms with Crippen molar-refractivity contribution in [2.24, 2.45) is 0 Å². The SMILES string of the molecule is CCCCc1cc2sc3ccccc3c2cc1-c1cc(-c2ccccc2)cc2c1Nc1cc(C(C)(C)C)cc3c1B2c1cc(-c2ccccc2)ccc1N3c1c(-c2ccccc2)cc(-c2ccccc2)cc1-c1ccccc1. The van der Waals surface area contributed by atoms with E-state index in [-0.39, 0.29) is 12.1 Å². The van der Waals surface area contributed by atoms with Crippen molar-refractivity contribution in [2.75, 3.05) is 10.2 Å². The molecule has 0 saturated carbocycles. The van der Waals surface area contributed by atoms with Gasteiger partial charge < -0.3 is 10.2 Å². The summed E-state index contributed by atoms with van der Waals surface area (Å²) in [5, 5.41) is 7.00. The molecule has 1 aromatic heterocycles. The average Bonchev–Trinajstić information content (AvgIpc) is 3.71. The van der Waals surface area contributed by atoms with Crippen LogP contribution in [0, 0.1) is 0 Å². The molecule has 2 aliphatic heterocycles. The monoisotopic (exact) mass is 1020 g/mol. The van der Waals surface area contributed by atoms with Gasteiger partial charge in [0.15, 0.2) is 0 Å². The van der Waals surface area contributed by atoms with Crippen LogP contribution in [0.4, 0.5) is 28.4 Å². The van der Waals surface area contributed by atoms with Crippen LogP contribution in [0.3, 0.4) is 0 Å². The van der Waals surface area contributed by atoms with Crippen molar-refractivity contribution in [1.82, 2.24) is 0 Å². The fourth-order valence-corrected chi connectivity index (χ4v) is 13.6. The molecule has 0 bridgehead atoms. The molecule has 11 aromatic carbocycles. The van der Waals surface area contributed by atoms with Crippen LogP contribution in [-0.2, 0) is 11.8 Å². The second-order valence-corrected chi connectivity index (χ2v) is 23.4. The van der Waals surface area contributed by atoms with Gasteiger partial charge in [-0.15, -0.1) is 11.3 Å². The minimum Gasteiger partial charge on any atom is -0.356 e. The van der Waals surface area contributed by atoms with Gasteiger partial charge in [-0.25, -0.2) is 0 Å². The highest BCUT2D eigenvalue weighted by atomic mass is 32.1. The topological polar surface area (TPSA) is 15.3 Å². The Morgan fingerprint density at radius 3 is 1.58 bits per heavy atom. The molecule has 14 rings (SSSR count). The first-order valence-corrected chi connectivity index (χ1v) is 28.6. The molecule has 374 valence electrons. The summed E-state index contributed by atoms with van der Waals surface area (Å²) in [6.45, 7) is 9.28. The van der Waals surface area contributed by atoms with E-state index in [0.717, 1.165) is 30.6 Å². The molecule has 3 heterocycles. The smallest absolute Gasteiger partial charge is 0.252 e. The largest absolute Gasteiger partial charge is 0.356 e. The maximum absolute atomic E-state index is 4.35. The molecule has 0 fully saturated rings. The molecule has 2 nitrogen and oxygen atoms in total. The van der Waals surface area contributed by atoms with Crippen LogP contribution in [0.1, 0.15) is 51.7 Å². The number of nitrogens with one attached hydrogen (secondary N) is 1. The number of thiophene rings is 1. The Labute approximate surface area is 463 Å². The molecule has 0 radical (unpaired) electrons. The third-order valence-corrected chi connectivity index (χ3v) is 17.5. The quantitative estimate of drug-likeness (QED) is 0.137. The molecule has 2 aliphatic rings. The van der Waals surface area contributed by atoms with Gasteiger partial charge in [-0.3, -0.25) is 0 Å². The highest BCUT2D eigenvalue weighted by Crippen LogP contribution is 2.52. The number of fused-ring (bicyclic) bond motifs is 7. The second-order valence-electron chi connectivity index (χ2n) is 22.3. The Morgan fingerprint density at radius 2 is 0.974 bits per heavy atom. The highest BCUT2D eigenvalue weighted by molar-refractivity contribution is 7.25. The number of unbranched alkanes of at least 4 members (excludes halogenated alkanes) is 1. The number of hydrogen-bond acceptors (Lipinski definition) is 3. The van der Waals surface area contributed by atoms with Crippen molar-refractivity contribution < 1.29 is 0 Å². The molecule has 4 heteroatoms. The fourth-order valence-electron chi connectivity index (χ4n) is 12.5. The summed E-state index contributed by atoms with van der Waals surface area (Å²) in [4.78, 5) is 2.65. The Kier molecular flexibility index (Phi) is 11.9. The number of aryl methyl sites for hydroxylation is 1. The summed E-state index contributed by atoms with van der Waals surface area (Å²) in [6.07, 6.45) is 3.25. The lowest BCUT2D eigenvalue weighted by Crippen LogP contribution is -2.60. The van der Waals surface area contributed by atoms with E-state index in [4.69, 9.17) is 0 Å². The van der Waals surface area contributed by atoms with Gasteiger partial charge in [0.25, 0.3) is 6.71 Å². The lowest BCUT2D eigenvalue weighted by molar-refractivity contribution is 0.591. The van der Waals surface area contributed by atoms with Crippen molar-refractivity contribution in [3.05, 3.63) is 254 Å². The highest BCUT2D eigenvalue weighted by Gasteiger charge is 2.44. The van der Waals surface area contributed by atoms with Crippen molar-refractivity contribution in [3.63, 3.8) is 0 Å². The van der Waals surface area contributed by atoms with Gasteiger partial charge in [-0.2, -0.15) is 0 Å². The van der Waals surface area contributed by atoms with Crippen LogP contribution in [0.25, 0.3) is 86.9 Å². The zero-order valence-electron chi connectivity index (χ0n) is 44.6. The molecule has 0 atom stereocenters. The molecule has 0 unspecified atom stereocenters. The maximum atomic E-state index is 4.35. The zero-order chi connectivity index (χ0) is 52.5. The molecular formula is C74H59BN2S. The Bertz CT molecular complexity index is 4180. The molecule has 0 aliphatic carbocycles. The van der Waals surface area contributed by atoms with Gasteiger partial charge >= 0.3 is 0 Å². The van der Waals surface area contributed by atoms with Gasteiger partial charge in [-0.1, -0.05) is 222 Å². The third kappa shape index (κ3) is 8.26. The summed E-state index contributed by atoms with van der Waals surface area (Å²) >= 11 is 1.92. The first-order chi connectivity index (χ1) is 38.3. The summed E-state index contributed by atoms with van der Waals surface area (Å²) in [5.74, 6) is 0. The first kappa shape index (κ1) is 47.7. The third-order valence-electron chi connectivity index (χ3n) is 16.4. The lowest BCUT2D eigenvalue weighted by atomic mass is 9.33. The van der Waals surface area contributed by atoms with Crippen LogP contribution < -0.4 is 26.6 Å². The second kappa shape index (κ2) is 19.4. The molecule has 1 N–H and O–H groups in total. The van der Waals surface area contributed by atoms with Gasteiger partial charge in [0, 0.05) is 59.6 Å². The van der Waals surface area contributed by atoms with Crippen LogP contribution in [-0.4, -0.2) is 6.71 Å². The zero-order valence-corrected chi connectivity index (χ0v) is 45.5. The van der Waals surface area contributed by atoms with Crippen molar-refractivity contribution in [2.45, 2.75) is 52.4 Å². The number of hydrogen-bond donors (Lipinski definition) is 1. The van der Waals surface area contributed by atoms with Gasteiger partial charge in [0.1, 0.15) is 0 Å². The minimum absolute atomic E-state index is 0.119. The number of rotatable bonds is 10. The van der Waals surface area contributed by atoms with E-state index >= 15 is 0 Å². The summed E-state index contributed by atoms with van der Waals surface area (Å²) in [6, 6.07) is 91.3. The van der Waals surface area contributed by atoms with Gasteiger partial charge in [-0.05, 0) is 150 Å². The predicted octanol–water partition coefficient (Wildman–Crippen LogP) is 19.1. The van der Waals surface area contributed by atoms with Crippen molar-refractivity contribution in [1.29, 1.82) is 0 Å². The van der Waals surface area contributed by atoms with Crippen LogP contribution in [0.15, 0.2) is 243 Å². The van der Waals surface area contributed by atoms with Gasteiger partial charge in [0.05, 0.1) is 5.69 Å². The lowest BCUT2D eigenvalue weighted by Gasteiger charge is -2.43. The Morgan fingerprint density at radius 1 is 0.436 bits per heavy atom. The normalized spacial score (nSPS) is 12.6. The van der Waals surface area contributed by atoms with E-state index in [2.05, 4.69) is 281 Å². The van der Waals surface area contributed by atoms with E-state index in [1.807, 2.05) is 11.3 Å². The van der Waals surface area contributed by atoms with Crippen molar-refractivity contribution >= 4 is 83.0 Å². The number of anilines is 5. The molecule has 0 saturated heterocycles. The standard InChI is InChI=1S/C74H59BN2S/c1-5-6-24-54-44-70-62(58-35-22-23-36-69(58)78-70)47-59(54)63-41-56(50-29-16-9-17-30-50)43-65-72(63)76-66-45-57(74(2,3)4)46-68-71(66)75(65)64-42-53(48-25-12-7-13-26-48)37-38-67(64)77(68)73-60(51-31-18-10-19-32-51)39-55(49-27-14-8-15-28-49)40-61(73)52-33-20-11-21-34-52/h7-23,25-47,76H,5-6,24H2,1-4H3. The molecule has 12 aromatic rings. The summed E-state index contributed by atoms with van der Waals surface area (Å²) in [7, 11) is 0. The van der Waals surface area contributed by atoms with Crippen LogP contribution in [0.2, 0.25) is 0 Å². The first-order valence-electron chi connectivity index (χ1n) is 27.7. The summed E-state index contributed by atoms with van der Waals surface area (Å²) in [5.41, 5.74) is 26.7. The van der Waals surface area contributed by atoms with Gasteiger partial charge in [0.2, 0.25) is 0 Å². The molecule has 78 heavy (non-hydrogen) atoms. The van der Waals surface area contributed by atoms with E-state index in [9.17, 15) is 0 Å². The average molecular weight is 1020 g/mol. The van der Waals surface area contributed by atoms with Crippen LogP contribution in [0.5, 0.6) is 0 Å². The predicted molar refractivity (Wildman–Crippen MR) is 338 cm³/mol. The van der Waals surface area contributed by atoms with Crippen LogP contribution >= 0.6 is 11.3 Å². The molecule has 0 amide bonds. The molecule has 0 spiro atoms. The van der Waals surface area contributed by atoms with E-state index in [0.29, 0.717) is 0 Å². The Balaban J connectivity index is 1.12. The minimum atomic E-state index is -0.174. The number of nitrogens with zero attached hydrogens (tertiary/aromatic N) is 1. The summed E-state index contributed by atoms with van der Waals surface area (Å²) < 4.78 is 2.69. The Hall–Kier alpha value is -8.70. The fraction of sp³-hybridized carbons (Fsp3) is 0.108. The van der Waals surface area contributed by atoms with E-state index in [1.54, 1.807) is 0 Å². The maximum Gasteiger partial charge on any atom is 0.252 e. The van der Waals surface area contributed by atoms with Crippen molar-refractivity contribution in [3.8, 4) is 66.8 Å². The van der Waals surface area contributed by atoms with E-state index < -0.39 is 0 Å². The van der Waals surface area contributed by atoms with E-state index in [1.165, 1.54) is 132 Å². The molecular weight excluding hydrogens is 960 g/mol. The number of benzene rings is 11.